The minimum Gasteiger partial charge on any atom is -0.497 e. The van der Waals surface area contributed by atoms with Gasteiger partial charge in [0.05, 0.1) is 19.9 Å². The molecule has 0 saturated heterocycles. The first kappa shape index (κ1) is 16.1. The lowest BCUT2D eigenvalue weighted by molar-refractivity contribution is 0.102. The summed E-state index contributed by atoms with van der Waals surface area (Å²) in [5.41, 5.74) is 1.52. The highest BCUT2D eigenvalue weighted by atomic mass is 35.5. The fourth-order valence-corrected chi connectivity index (χ4v) is 2.54. The summed E-state index contributed by atoms with van der Waals surface area (Å²) >= 11 is 6.01. The molecule has 0 bridgehead atoms. The standard InChI is InChI=1S/C18H16ClN3O2/c1-24-16-7-3-5-14(11-16)18(23)21-17-8-9-20-22(17)12-13-4-2-6-15(19)10-13/h2-11H,12H2,1H3,(H,21,23). The molecule has 1 aromatic heterocycles. The lowest BCUT2D eigenvalue weighted by atomic mass is 10.2. The van der Waals surface area contributed by atoms with Gasteiger partial charge in [0, 0.05) is 16.7 Å². The number of amides is 1. The quantitative estimate of drug-likeness (QED) is 0.767. The Balaban J connectivity index is 1.76. The average Bonchev–Trinajstić information content (AvgIpc) is 3.01. The summed E-state index contributed by atoms with van der Waals surface area (Å²) in [5, 5.41) is 7.79. The summed E-state index contributed by atoms with van der Waals surface area (Å²) in [4.78, 5) is 12.4. The van der Waals surface area contributed by atoms with E-state index < -0.39 is 0 Å². The van der Waals surface area contributed by atoms with E-state index in [2.05, 4.69) is 10.4 Å². The highest BCUT2D eigenvalue weighted by Crippen LogP contribution is 2.17. The number of carbonyl (C=O) groups is 1. The SMILES string of the molecule is COc1cccc(C(=O)Nc2ccnn2Cc2cccc(Cl)c2)c1. The van der Waals surface area contributed by atoms with Gasteiger partial charge in [0.15, 0.2) is 0 Å². The molecule has 1 N–H and O–H groups in total. The van der Waals surface area contributed by atoms with Crippen LogP contribution in [0.25, 0.3) is 0 Å². The molecule has 0 radical (unpaired) electrons. The Morgan fingerprint density at radius 2 is 2.04 bits per heavy atom. The van der Waals surface area contributed by atoms with Crippen LogP contribution in [0.4, 0.5) is 5.82 Å². The molecule has 0 spiro atoms. The van der Waals surface area contributed by atoms with Gasteiger partial charge in [0.2, 0.25) is 0 Å². The molecule has 1 heterocycles. The molecule has 0 fully saturated rings. The third kappa shape index (κ3) is 3.75. The van der Waals surface area contributed by atoms with Gasteiger partial charge in [-0.1, -0.05) is 29.8 Å². The first-order chi connectivity index (χ1) is 11.7. The van der Waals surface area contributed by atoms with Crippen molar-refractivity contribution in [3.63, 3.8) is 0 Å². The largest absolute Gasteiger partial charge is 0.497 e. The summed E-state index contributed by atoms with van der Waals surface area (Å²) < 4.78 is 6.86. The van der Waals surface area contributed by atoms with Crippen molar-refractivity contribution < 1.29 is 9.53 Å². The molecule has 0 aliphatic carbocycles. The lowest BCUT2D eigenvalue weighted by Gasteiger charge is -2.10. The molecular weight excluding hydrogens is 326 g/mol. The highest BCUT2D eigenvalue weighted by Gasteiger charge is 2.11. The van der Waals surface area contributed by atoms with E-state index in [0.29, 0.717) is 28.7 Å². The smallest absolute Gasteiger partial charge is 0.256 e. The average molecular weight is 342 g/mol. The van der Waals surface area contributed by atoms with Crippen molar-refractivity contribution in [3.05, 3.63) is 76.9 Å². The highest BCUT2D eigenvalue weighted by molar-refractivity contribution is 6.30. The number of rotatable bonds is 5. The van der Waals surface area contributed by atoms with Crippen molar-refractivity contribution in [1.29, 1.82) is 0 Å². The topological polar surface area (TPSA) is 56.1 Å². The molecule has 122 valence electrons. The number of hydrogen-bond acceptors (Lipinski definition) is 3. The van der Waals surface area contributed by atoms with Crippen LogP contribution < -0.4 is 10.1 Å². The number of ether oxygens (including phenoxy) is 1. The van der Waals surface area contributed by atoms with Gasteiger partial charge in [-0.3, -0.25) is 4.79 Å². The summed E-state index contributed by atoms with van der Waals surface area (Å²) in [6, 6.07) is 16.3. The molecule has 2 aromatic carbocycles. The molecule has 6 heteroatoms. The number of hydrogen-bond donors (Lipinski definition) is 1. The van der Waals surface area contributed by atoms with Crippen LogP contribution in [0.3, 0.4) is 0 Å². The van der Waals surface area contributed by atoms with E-state index in [-0.39, 0.29) is 5.91 Å². The molecular formula is C18H16ClN3O2. The first-order valence-corrected chi connectivity index (χ1v) is 7.75. The van der Waals surface area contributed by atoms with Crippen molar-refractivity contribution in [2.24, 2.45) is 0 Å². The van der Waals surface area contributed by atoms with Crippen molar-refractivity contribution >= 4 is 23.3 Å². The second-order valence-corrected chi connectivity index (χ2v) is 5.63. The van der Waals surface area contributed by atoms with E-state index in [1.165, 1.54) is 0 Å². The molecule has 0 saturated carbocycles. The van der Waals surface area contributed by atoms with Crippen molar-refractivity contribution in [2.75, 3.05) is 12.4 Å². The Bertz CT molecular complexity index is 861. The third-order valence-corrected chi connectivity index (χ3v) is 3.75. The second kappa shape index (κ2) is 7.19. The van der Waals surface area contributed by atoms with Gasteiger partial charge in [-0.25, -0.2) is 4.68 Å². The van der Waals surface area contributed by atoms with Crippen LogP contribution in [-0.2, 0) is 6.54 Å². The summed E-state index contributed by atoms with van der Waals surface area (Å²) in [6.07, 6.45) is 1.64. The molecule has 3 rings (SSSR count). The van der Waals surface area contributed by atoms with Gasteiger partial charge in [-0.05, 0) is 35.9 Å². The lowest BCUT2D eigenvalue weighted by Crippen LogP contribution is -2.16. The molecule has 0 aliphatic heterocycles. The van der Waals surface area contributed by atoms with E-state index in [1.807, 2.05) is 24.3 Å². The minimum absolute atomic E-state index is 0.221. The monoisotopic (exact) mass is 341 g/mol. The van der Waals surface area contributed by atoms with Crippen LogP contribution in [0, 0.1) is 0 Å². The maximum Gasteiger partial charge on any atom is 0.256 e. The molecule has 1 amide bonds. The van der Waals surface area contributed by atoms with Crippen molar-refractivity contribution in [3.8, 4) is 5.75 Å². The van der Waals surface area contributed by atoms with E-state index >= 15 is 0 Å². The van der Waals surface area contributed by atoms with Gasteiger partial charge < -0.3 is 10.1 Å². The van der Waals surface area contributed by atoms with Gasteiger partial charge in [0.1, 0.15) is 11.6 Å². The third-order valence-electron chi connectivity index (χ3n) is 3.51. The number of methoxy groups -OCH3 is 1. The van der Waals surface area contributed by atoms with Crippen molar-refractivity contribution in [2.45, 2.75) is 6.54 Å². The van der Waals surface area contributed by atoms with E-state index in [1.54, 1.807) is 48.3 Å². The zero-order chi connectivity index (χ0) is 16.9. The van der Waals surface area contributed by atoms with E-state index in [4.69, 9.17) is 16.3 Å². The van der Waals surface area contributed by atoms with Crippen molar-refractivity contribution in [1.82, 2.24) is 9.78 Å². The Hall–Kier alpha value is -2.79. The zero-order valence-corrected chi connectivity index (χ0v) is 13.8. The maximum atomic E-state index is 12.4. The van der Waals surface area contributed by atoms with Crippen LogP contribution in [-0.4, -0.2) is 22.8 Å². The van der Waals surface area contributed by atoms with Crippen LogP contribution in [0.15, 0.2) is 60.8 Å². The Morgan fingerprint density at radius 1 is 1.21 bits per heavy atom. The van der Waals surface area contributed by atoms with Gasteiger partial charge in [-0.15, -0.1) is 0 Å². The number of nitrogens with one attached hydrogen (secondary N) is 1. The summed E-state index contributed by atoms with van der Waals surface area (Å²) in [7, 11) is 1.57. The predicted octanol–water partition coefficient (Wildman–Crippen LogP) is 3.85. The van der Waals surface area contributed by atoms with Gasteiger partial charge in [0.25, 0.3) is 5.91 Å². The summed E-state index contributed by atoms with van der Waals surface area (Å²) in [6.45, 7) is 0.515. The van der Waals surface area contributed by atoms with Crippen LogP contribution in [0.1, 0.15) is 15.9 Å². The molecule has 5 nitrogen and oxygen atoms in total. The van der Waals surface area contributed by atoms with Crippen LogP contribution in [0.2, 0.25) is 5.02 Å². The van der Waals surface area contributed by atoms with Crippen LogP contribution >= 0.6 is 11.6 Å². The number of carbonyl (C=O) groups excluding carboxylic acids is 1. The summed E-state index contributed by atoms with van der Waals surface area (Å²) in [5.74, 6) is 1.03. The minimum atomic E-state index is -0.221. The first-order valence-electron chi connectivity index (χ1n) is 7.37. The number of aromatic nitrogens is 2. The molecule has 0 aliphatic rings. The number of benzene rings is 2. The number of anilines is 1. The maximum absolute atomic E-state index is 12.4. The Morgan fingerprint density at radius 3 is 2.83 bits per heavy atom. The Labute approximate surface area is 144 Å². The fourth-order valence-electron chi connectivity index (χ4n) is 2.33. The zero-order valence-electron chi connectivity index (χ0n) is 13.1. The number of nitrogens with zero attached hydrogens (tertiary/aromatic N) is 2. The van der Waals surface area contributed by atoms with Gasteiger partial charge >= 0.3 is 0 Å². The second-order valence-electron chi connectivity index (χ2n) is 5.19. The van der Waals surface area contributed by atoms with Gasteiger partial charge in [-0.2, -0.15) is 5.10 Å². The molecule has 24 heavy (non-hydrogen) atoms. The molecule has 0 unspecified atom stereocenters. The Kier molecular flexibility index (Phi) is 4.82. The fraction of sp³-hybridized carbons (Fsp3) is 0.111. The molecule has 0 atom stereocenters. The predicted molar refractivity (Wildman–Crippen MR) is 93.7 cm³/mol. The normalized spacial score (nSPS) is 10.4. The van der Waals surface area contributed by atoms with E-state index in [0.717, 1.165) is 5.56 Å². The van der Waals surface area contributed by atoms with Crippen LogP contribution in [0.5, 0.6) is 5.75 Å². The van der Waals surface area contributed by atoms with E-state index in [9.17, 15) is 4.79 Å². The molecule has 3 aromatic rings. The number of halogens is 1.